The molecular weight excluding hydrogens is 294 g/mol. The molecule has 7 heteroatoms. The van der Waals surface area contributed by atoms with E-state index in [0.717, 1.165) is 19.4 Å². The van der Waals surface area contributed by atoms with Crippen LogP contribution in [0.15, 0.2) is 18.5 Å². The average Bonchev–Trinajstić information content (AvgIpc) is 2.52. The van der Waals surface area contributed by atoms with Gasteiger partial charge in [0, 0.05) is 31.0 Å². The molecule has 0 saturated carbocycles. The van der Waals surface area contributed by atoms with Gasteiger partial charge in [-0.1, -0.05) is 0 Å². The molecule has 1 atom stereocenters. The molecule has 1 aliphatic heterocycles. The molecule has 1 unspecified atom stereocenters. The molecule has 1 aromatic heterocycles. The summed E-state index contributed by atoms with van der Waals surface area (Å²) in [4.78, 5) is 34.5. The van der Waals surface area contributed by atoms with E-state index < -0.39 is 0 Å². The zero-order valence-electron chi connectivity index (χ0n) is 14.0. The van der Waals surface area contributed by atoms with Crippen LogP contribution in [0.3, 0.4) is 0 Å². The van der Waals surface area contributed by atoms with Gasteiger partial charge in [-0.05, 0) is 39.7 Å². The average molecular weight is 319 g/mol. The minimum atomic E-state index is -0.298. The second kappa shape index (κ2) is 7.39. The van der Waals surface area contributed by atoms with Gasteiger partial charge in [-0.3, -0.25) is 9.59 Å². The van der Waals surface area contributed by atoms with Gasteiger partial charge in [-0.25, -0.2) is 9.97 Å². The van der Waals surface area contributed by atoms with Gasteiger partial charge < -0.3 is 15.5 Å². The lowest BCUT2D eigenvalue weighted by molar-refractivity contribution is -0.129. The lowest BCUT2D eigenvalue weighted by atomic mass is 9.97. The zero-order valence-corrected chi connectivity index (χ0v) is 14.0. The molecule has 0 aromatic carbocycles. The van der Waals surface area contributed by atoms with E-state index in [1.54, 1.807) is 18.5 Å². The quantitative estimate of drug-likeness (QED) is 0.854. The summed E-state index contributed by atoms with van der Waals surface area (Å²) < 4.78 is 0. The number of hydrogen-bond donors (Lipinski definition) is 2. The smallest absolute Gasteiger partial charge is 0.239 e. The van der Waals surface area contributed by atoms with E-state index in [0.29, 0.717) is 12.5 Å². The van der Waals surface area contributed by atoms with Crippen LogP contribution in [0.5, 0.6) is 0 Å². The molecule has 1 saturated heterocycles. The summed E-state index contributed by atoms with van der Waals surface area (Å²) in [6.45, 7) is 7.16. The Morgan fingerprint density at radius 2 is 2.00 bits per heavy atom. The molecule has 2 heterocycles. The molecule has 1 fully saturated rings. The standard InChI is InChI=1S/C16H25N5O2/c1-16(2,3)20-13(22)10-19-14(23)12-6-4-9-21(11-12)15-17-7-5-8-18-15/h5,7-8,12H,4,6,9-11H2,1-3H3,(H,19,23)(H,20,22). The molecule has 126 valence electrons. The summed E-state index contributed by atoms with van der Waals surface area (Å²) in [7, 11) is 0. The number of amides is 2. The fourth-order valence-electron chi connectivity index (χ4n) is 2.60. The second-order valence-corrected chi connectivity index (χ2v) is 6.85. The lowest BCUT2D eigenvalue weighted by Gasteiger charge is -2.32. The third-order valence-corrected chi connectivity index (χ3v) is 3.56. The van der Waals surface area contributed by atoms with Crippen LogP contribution in [-0.4, -0.2) is 47.0 Å². The SMILES string of the molecule is CC(C)(C)NC(=O)CNC(=O)C1CCCN(c2ncccn2)C1. The normalized spacial score (nSPS) is 18.4. The molecule has 0 spiro atoms. The van der Waals surface area contributed by atoms with Crippen LogP contribution in [0.4, 0.5) is 5.95 Å². The Balaban J connectivity index is 1.84. The maximum Gasteiger partial charge on any atom is 0.239 e. The predicted molar refractivity (Wildman–Crippen MR) is 87.9 cm³/mol. The molecule has 2 rings (SSSR count). The molecule has 1 aromatic rings. The van der Waals surface area contributed by atoms with Crippen LogP contribution in [0, 0.1) is 5.92 Å². The Morgan fingerprint density at radius 3 is 2.65 bits per heavy atom. The van der Waals surface area contributed by atoms with Crippen molar-refractivity contribution in [3.63, 3.8) is 0 Å². The van der Waals surface area contributed by atoms with Crippen LogP contribution in [-0.2, 0) is 9.59 Å². The maximum absolute atomic E-state index is 12.3. The third kappa shape index (κ3) is 5.50. The minimum absolute atomic E-state index is 0.00837. The second-order valence-electron chi connectivity index (χ2n) is 6.85. The molecule has 2 amide bonds. The molecule has 0 radical (unpaired) electrons. The number of aromatic nitrogens is 2. The number of carbonyl (C=O) groups excluding carboxylic acids is 2. The first-order valence-electron chi connectivity index (χ1n) is 7.96. The summed E-state index contributed by atoms with van der Waals surface area (Å²) in [5.41, 5.74) is -0.298. The summed E-state index contributed by atoms with van der Waals surface area (Å²) in [5, 5.41) is 5.56. The highest BCUT2D eigenvalue weighted by atomic mass is 16.2. The molecule has 1 aliphatic rings. The van der Waals surface area contributed by atoms with Crippen LogP contribution in [0.2, 0.25) is 0 Å². The van der Waals surface area contributed by atoms with Crippen LogP contribution >= 0.6 is 0 Å². The number of carbonyl (C=O) groups is 2. The van der Waals surface area contributed by atoms with Crippen molar-refractivity contribution in [1.29, 1.82) is 0 Å². The first-order chi connectivity index (χ1) is 10.8. The van der Waals surface area contributed by atoms with Gasteiger partial charge in [0.25, 0.3) is 0 Å². The van der Waals surface area contributed by atoms with E-state index in [1.807, 2.05) is 25.7 Å². The first-order valence-corrected chi connectivity index (χ1v) is 7.96. The summed E-state index contributed by atoms with van der Waals surface area (Å²) in [6.07, 6.45) is 5.12. The summed E-state index contributed by atoms with van der Waals surface area (Å²) in [6, 6.07) is 1.77. The van der Waals surface area contributed by atoms with Gasteiger partial charge in [0.15, 0.2) is 0 Å². The monoisotopic (exact) mass is 319 g/mol. The number of rotatable bonds is 4. The minimum Gasteiger partial charge on any atom is -0.350 e. The van der Waals surface area contributed by atoms with Crippen molar-refractivity contribution >= 4 is 17.8 Å². The van der Waals surface area contributed by atoms with E-state index in [9.17, 15) is 9.59 Å². The highest BCUT2D eigenvalue weighted by Gasteiger charge is 2.27. The number of piperidine rings is 1. The Bertz CT molecular complexity index is 541. The molecule has 2 N–H and O–H groups in total. The van der Waals surface area contributed by atoms with Gasteiger partial charge in [0.1, 0.15) is 0 Å². The summed E-state index contributed by atoms with van der Waals surface area (Å²) >= 11 is 0. The lowest BCUT2D eigenvalue weighted by Crippen LogP contribution is -2.48. The Morgan fingerprint density at radius 1 is 1.30 bits per heavy atom. The van der Waals surface area contributed by atoms with E-state index >= 15 is 0 Å². The highest BCUT2D eigenvalue weighted by Crippen LogP contribution is 2.19. The number of hydrogen-bond acceptors (Lipinski definition) is 5. The molecular formula is C16H25N5O2. The van der Waals surface area contributed by atoms with Crippen molar-refractivity contribution in [2.75, 3.05) is 24.5 Å². The first kappa shape index (κ1) is 17.2. The van der Waals surface area contributed by atoms with E-state index in [-0.39, 0.29) is 29.8 Å². The van der Waals surface area contributed by atoms with E-state index in [1.165, 1.54) is 0 Å². The molecule has 23 heavy (non-hydrogen) atoms. The molecule has 0 aliphatic carbocycles. The van der Waals surface area contributed by atoms with Crippen LogP contribution in [0.1, 0.15) is 33.6 Å². The topological polar surface area (TPSA) is 87.2 Å². The van der Waals surface area contributed by atoms with Crippen molar-refractivity contribution in [1.82, 2.24) is 20.6 Å². The molecule has 7 nitrogen and oxygen atoms in total. The van der Waals surface area contributed by atoms with Gasteiger partial charge in [0.05, 0.1) is 12.5 Å². The number of nitrogens with zero attached hydrogens (tertiary/aromatic N) is 3. The van der Waals surface area contributed by atoms with E-state index in [2.05, 4.69) is 20.6 Å². The molecule has 0 bridgehead atoms. The van der Waals surface area contributed by atoms with Gasteiger partial charge in [-0.2, -0.15) is 0 Å². The van der Waals surface area contributed by atoms with Crippen molar-refractivity contribution in [3.05, 3.63) is 18.5 Å². The van der Waals surface area contributed by atoms with Crippen molar-refractivity contribution in [3.8, 4) is 0 Å². The van der Waals surface area contributed by atoms with Crippen LogP contribution < -0.4 is 15.5 Å². The summed E-state index contributed by atoms with van der Waals surface area (Å²) in [5.74, 6) is 0.241. The number of anilines is 1. The number of nitrogens with one attached hydrogen (secondary N) is 2. The largest absolute Gasteiger partial charge is 0.350 e. The van der Waals surface area contributed by atoms with Gasteiger partial charge in [0.2, 0.25) is 17.8 Å². The van der Waals surface area contributed by atoms with Crippen LogP contribution in [0.25, 0.3) is 0 Å². The fraction of sp³-hybridized carbons (Fsp3) is 0.625. The maximum atomic E-state index is 12.3. The van der Waals surface area contributed by atoms with Crippen molar-refractivity contribution in [2.24, 2.45) is 5.92 Å². The van der Waals surface area contributed by atoms with E-state index in [4.69, 9.17) is 0 Å². The van der Waals surface area contributed by atoms with Gasteiger partial charge in [-0.15, -0.1) is 0 Å². The zero-order chi connectivity index (χ0) is 16.9. The Hall–Kier alpha value is -2.18. The Kier molecular flexibility index (Phi) is 5.52. The third-order valence-electron chi connectivity index (χ3n) is 3.56. The van der Waals surface area contributed by atoms with Crippen molar-refractivity contribution in [2.45, 2.75) is 39.2 Å². The predicted octanol–water partition coefficient (Wildman–Crippen LogP) is 0.724. The fourth-order valence-corrected chi connectivity index (χ4v) is 2.60. The van der Waals surface area contributed by atoms with Gasteiger partial charge >= 0.3 is 0 Å². The van der Waals surface area contributed by atoms with Crippen molar-refractivity contribution < 1.29 is 9.59 Å². The highest BCUT2D eigenvalue weighted by molar-refractivity contribution is 5.86. The Labute approximate surface area is 136 Å².